The zero-order valence-corrected chi connectivity index (χ0v) is 17.8. The van der Waals surface area contributed by atoms with Crippen LogP contribution in [0.5, 0.6) is 11.5 Å². The number of nitro benzene ring substituents is 2. The van der Waals surface area contributed by atoms with Crippen LogP contribution in [0.1, 0.15) is 17.3 Å². The van der Waals surface area contributed by atoms with Gasteiger partial charge >= 0.3 is 5.97 Å². The Labute approximate surface area is 183 Å². The first-order chi connectivity index (χ1) is 14.7. The van der Waals surface area contributed by atoms with Gasteiger partial charge in [-0.25, -0.2) is 4.79 Å². The minimum Gasteiger partial charge on any atom is -0.493 e. The van der Waals surface area contributed by atoms with E-state index in [0.717, 1.165) is 12.1 Å². The minimum atomic E-state index is -1.12. The van der Waals surface area contributed by atoms with Gasteiger partial charge in [-0.15, -0.1) is 0 Å². The quantitative estimate of drug-likeness (QED) is 0.310. The summed E-state index contributed by atoms with van der Waals surface area (Å²) in [4.78, 5) is 45.2. The molecule has 0 radical (unpaired) electrons. The summed E-state index contributed by atoms with van der Waals surface area (Å²) < 4.78 is 15.5. The topological polar surface area (TPSA) is 160 Å². The number of anilines is 1. The lowest BCUT2D eigenvalue weighted by atomic mass is 10.1. The molecule has 13 heteroatoms. The van der Waals surface area contributed by atoms with Crippen LogP contribution < -0.4 is 14.8 Å². The van der Waals surface area contributed by atoms with Crippen molar-refractivity contribution in [2.24, 2.45) is 0 Å². The summed E-state index contributed by atoms with van der Waals surface area (Å²) >= 11 is 3.09. The third-order valence-corrected chi connectivity index (χ3v) is 4.43. The summed E-state index contributed by atoms with van der Waals surface area (Å²) in [5, 5.41) is 24.5. The molecule has 164 valence electrons. The van der Waals surface area contributed by atoms with Crippen LogP contribution in [0.25, 0.3) is 0 Å². The highest BCUT2D eigenvalue weighted by atomic mass is 79.9. The molecule has 2 aromatic rings. The zero-order chi connectivity index (χ0) is 23.1. The molecule has 0 aromatic heterocycles. The number of ether oxygens (including phenoxy) is 3. The molecule has 0 aliphatic carbocycles. The number of nitrogens with zero attached hydrogens (tertiary/aromatic N) is 2. The third-order valence-electron chi connectivity index (χ3n) is 3.77. The summed E-state index contributed by atoms with van der Waals surface area (Å²) in [6.45, 7) is 1.14. The van der Waals surface area contributed by atoms with Gasteiger partial charge in [-0.1, -0.05) is 0 Å². The average molecular weight is 498 g/mol. The number of nitro groups is 2. The minimum absolute atomic E-state index is 0.0778. The van der Waals surface area contributed by atoms with Gasteiger partial charge in [0.1, 0.15) is 5.56 Å². The van der Waals surface area contributed by atoms with E-state index in [0.29, 0.717) is 0 Å². The van der Waals surface area contributed by atoms with Crippen LogP contribution in [0.4, 0.5) is 17.1 Å². The molecular weight excluding hydrogens is 482 g/mol. The maximum absolute atomic E-state index is 12.4. The second-order valence-corrected chi connectivity index (χ2v) is 6.61. The number of amides is 1. The van der Waals surface area contributed by atoms with E-state index in [4.69, 9.17) is 14.2 Å². The van der Waals surface area contributed by atoms with Gasteiger partial charge in [-0.3, -0.25) is 25.0 Å². The molecule has 0 atom stereocenters. The fraction of sp³-hybridized carbons (Fsp3) is 0.222. The van der Waals surface area contributed by atoms with Gasteiger partial charge < -0.3 is 19.5 Å². The Balaban J connectivity index is 2.14. The Kier molecular flexibility index (Phi) is 7.85. The highest BCUT2D eigenvalue weighted by molar-refractivity contribution is 9.10. The van der Waals surface area contributed by atoms with E-state index in [-0.39, 0.29) is 34.0 Å². The van der Waals surface area contributed by atoms with E-state index in [1.54, 1.807) is 6.92 Å². The number of esters is 1. The van der Waals surface area contributed by atoms with Crippen LogP contribution in [0.15, 0.2) is 34.8 Å². The van der Waals surface area contributed by atoms with Crippen molar-refractivity contribution < 1.29 is 33.6 Å². The first kappa shape index (κ1) is 23.5. The van der Waals surface area contributed by atoms with Gasteiger partial charge in [0, 0.05) is 22.7 Å². The van der Waals surface area contributed by atoms with Crippen LogP contribution in [-0.2, 0) is 9.53 Å². The molecule has 2 aromatic carbocycles. The fourth-order valence-electron chi connectivity index (χ4n) is 2.41. The number of rotatable bonds is 9. The normalized spacial score (nSPS) is 10.2. The van der Waals surface area contributed by atoms with Crippen LogP contribution in [0.2, 0.25) is 0 Å². The van der Waals surface area contributed by atoms with Gasteiger partial charge in [0.25, 0.3) is 17.3 Å². The first-order valence-electron chi connectivity index (χ1n) is 8.58. The summed E-state index contributed by atoms with van der Waals surface area (Å²) in [7, 11) is 1.30. The highest BCUT2D eigenvalue weighted by Crippen LogP contribution is 2.35. The molecule has 0 heterocycles. The van der Waals surface area contributed by atoms with E-state index in [1.807, 2.05) is 0 Å². The fourth-order valence-corrected chi connectivity index (χ4v) is 2.87. The predicted molar refractivity (Wildman–Crippen MR) is 111 cm³/mol. The summed E-state index contributed by atoms with van der Waals surface area (Å²) in [5.74, 6) is -1.72. The largest absolute Gasteiger partial charge is 0.493 e. The molecule has 0 saturated carbocycles. The van der Waals surface area contributed by atoms with Crippen LogP contribution >= 0.6 is 15.9 Å². The standard InChI is InChI=1S/C18H16BrN3O9/c1-3-30-16-8-14(22(27)28)11(7-15(16)29-2)18(24)31-9-17(23)20-13-5-4-10(21(25)26)6-12(13)19/h4-8H,3,9H2,1-2H3,(H,20,23). The summed E-state index contributed by atoms with van der Waals surface area (Å²) in [6.07, 6.45) is 0. The number of carbonyl (C=O) groups excluding carboxylic acids is 2. The smallest absolute Gasteiger partial charge is 0.345 e. The van der Waals surface area contributed by atoms with Gasteiger partial charge in [-0.2, -0.15) is 0 Å². The molecule has 0 aliphatic heterocycles. The molecule has 0 saturated heterocycles. The summed E-state index contributed by atoms with van der Waals surface area (Å²) in [6, 6.07) is 5.80. The van der Waals surface area contributed by atoms with Crippen molar-refractivity contribution in [3.8, 4) is 11.5 Å². The second-order valence-electron chi connectivity index (χ2n) is 5.76. The number of carbonyl (C=O) groups is 2. The molecule has 12 nitrogen and oxygen atoms in total. The number of non-ortho nitro benzene ring substituents is 1. The number of hydrogen-bond donors (Lipinski definition) is 1. The van der Waals surface area contributed by atoms with E-state index in [2.05, 4.69) is 21.2 Å². The van der Waals surface area contributed by atoms with Crippen LogP contribution in [-0.4, -0.2) is 42.0 Å². The highest BCUT2D eigenvalue weighted by Gasteiger charge is 2.26. The first-order valence-corrected chi connectivity index (χ1v) is 9.37. The molecule has 0 unspecified atom stereocenters. The Morgan fingerprint density at radius 2 is 1.81 bits per heavy atom. The van der Waals surface area contributed by atoms with Crippen molar-refractivity contribution in [3.63, 3.8) is 0 Å². The molecule has 2 rings (SSSR count). The van der Waals surface area contributed by atoms with Crippen LogP contribution in [0, 0.1) is 20.2 Å². The number of methoxy groups -OCH3 is 1. The van der Waals surface area contributed by atoms with E-state index in [9.17, 15) is 29.8 Å². The van der Waals surface area contributed by atoms with E-state index < -0.39 is 39.6 Å². The molecule has 31 heavy (non-hydrogen) atoms. The van der Waals surface area contributed by atoms with Crippen molar-refractivity contribution in [2.45, 2.75) is 6.92 Å². The molecule has 0 aliphatic rings. The SMILES string of the molecule is CCOc1cc([N+](=O)[O-])c(C(=O)OCC(=O)Nc2ccc([N+](=O)[O-])cc2Br)cc1OC. The van der Waals surface area contributed by atoms with Gasteiger partial charge in [-0.05, 0) is 28.9 Å². The second kappa shape index (κ2) is 10.3. The molecule has 0 spiro atoms. The number of halogens is 1. The molecule has 0 bridgehead atoms. The summed E-state index contributed by atoms with van der Waals surface area (Å²) in [5.41, 5.74) is -0.976. The lowest BCUT2D eigenvalue weighted by molar-refractivity contribution is -0.385. The van der Waals surface area contributed by atoms with Crippen molar-refractivity contribution >= 4 is 44.9 Å². The monoisotopic (exact) mass is 497 g/mol. The third kappa shape index (κ3) is 5.88. The van der Waals surface area contributed by atoms with E-state index in [1.165, 1.54) is 25.3 Å². The maximum Gasteiger partial charge on any atom is 0.345 e. The maximum atomic E-state index is 12.4. The van der Waals surface area contributed by atoms with Crippen molar-refractivity contribution in [1.82, 2.24) is 0 Å². The Morgan fingerprint density at radius 1 is 1.10 bits per heavy atom. The number of nitrogens with one attached hydrogen (secondary N) is 1. The van der Waals surface area contributed by atoms with Crippen molar-refractivity contribution in [2.75, 3.05) is 25.6 Å². The van der Waals surface area contributed by atoms with Crippen LogP contribution in [0.3, 0.4) is 0 Å². The Hall–Kier alpha value is -3.74. The molecule has 1 amide bonds. The predicted octanol–water partition coefficient (Wildman–Crippen LogP) is 3.47. The average Bonchev–Trinajstić information content (AvgIpc) is 2.73. The number of benzene rings is 2. The Bertz CT molecular complexity index is 1040. The van der Waals surface area contributed by atoms with Crippen molar-refractivity contribution in [3.05, 3.63) is 60.6 Å². The lowest BCUT2D eigenvalue weighted by Crippen LogP contribution is -2.21. The lowest BCUT2D eigenvalue weighted by Gasteiger charge is -2.12. The van der Waals surface area contributed by atoms with Gasteiger partial charge in [0.15, 0.2) is 18.1 Å². The molecule has 1 N–H and O–H groups in total. The van der Waals surface area contributed by atoms with Crippen molar-refractivity contribution in [1.29, 1.82) is 0 Å². The molecule has 0 fully saturated rings. The Morgan fingerprint density at radius 3 is 2.35 bits per heavy atom. The van der Waals surface area contributed by atoms with Gasteiger partial charge in [0.05, 0.1) is 35.3 Å². The van der Waals surface area contributed by atoms with Gasteiger partial charge in [0.2, 0.25) is 0 Å². The number of hydrogen-bond acceptors (Lipinski definition) is 9. The zero-order valence-electron chi connectivity index (χ0n) is 16.2. The van der Waals surface area contributed by atoms with E-state index >= 15 is 0 Å². The molecular formula is C18H16BrN3O9.